The van der Waals surface area contributed by atoms with Crippen LogP contribution in [0.25, 0.3) is 0 Å². The Morgan fingerprint density at radius 1 is 1.37 bits per heavy atom. The van der Waals surface area contributed by atoms with Crippen LogP contribution in [0.1, 0.15) is 12.5 Å². The van der Waals surface area contributed by atoms with E-state index in [2.05, 4.69) is 5.32 Å². The molecule has 1 aromatic rings. The summed E-state index contributed by atoms with van der Waals surface area (Å²) in [5, 5.41) is 3.02. The van der Waals surface area contributed by atoms with E-state index in [-0.39, 0.29) is 24.2 Å². The van der Waals surface area contributed by atoms with Crippen LogP contribution in [-0.2, 0) is 11.3 Å². The maximum absolute atomic E-state index is 12.0. The Kier molecular flexibility index (Phi) is 8.19. The highest BCUT2D eigenvalue weighted by molar-refractivity contribution is 5.85. The Hall–Kier alpha value is -1.26. The highest BCUT2D eigenvalue weighted by Gasteiger charge is 2.16. The van der Waals surface area contributed by atoms with Gasteiger partial charge in [-0.1, -0.05) is 19.1 Å². The number of hydrogen-bond donors (Lipinski definition) is 1. The molecule has 1 rings (SSSR count). The zero-order chi connectivity index (χ0) is 13.5. The number of nitrogens with zero attached hydrogens (tertiary/aromatic N) is 1. The first-order chi connectivity index (χ1) is 8.58. The lowest BCUT2D eigenvalue weighted by molar-refractivity contribution is -0.134. The van der Waals surface area contributed by atoms with Gasteiger partial charge in [0.2, 0.25) is 5.91 Å². The summed E-state index contributed by atoms with van der Waals surface area (Å²) in [4.78, 5) is 13.8. The van der Waals surface area contributed by atoms with Crippen LogP contribution in [0.5, 0.6) is 5.75 Å². The molecule has 0 aliphatic carbocycles. The SMILES string of the molecule is CNCC(C)C(=O)N(C)Cc1ccc(OC)cc1.Cl. The van der Waals surface area contributed by atoms with Crippen molar-refractivity contribution in [1.29, 1.82) is 0 Å². The summed E-state index contributed by atoms with van der Waals surface area (Å²) in [5.41, 5.74) is 1.10. The van der Waals surface area contributed by atoms with Crippen LogP contribution in [0.2, 0.25) is 0 Å². The first-order valence-electron chi connectivity index (χ1n) is 6.11. The van der Waals surface area contributed by atoms with E-state index >= 15 is 0 Å². The lowest BCUT2D eigenvalue weighted by Crippen LogP contribution is -2.35. The van der Waals surface area contributed by atoms with Gasteiger partial charge in [0.05, 0.1) is 7.11 Å². The van der Waals surface area contributed by atoms with E-state index in [9.17, 15) is 4.79 Å². The van der Waals surface area contributed by atoms with Gasteiger partial charge in [-0.25, -0.2) is 0 Å². The summed E-state index contributed by atoms with van der Waals surface area (Å²) in [6.45, 7) is 3.26. The summed E-state index contributed by atoms with van der Waals surface area (Å²) in [6, 6.07) is 7.77. The minimum atomic E-state index is -0.00162. The molecule has 0 saturated carbocycles. The molecule has 1 N–H and O–H groups in total. The number of ether oxygens (including phenoxy) is 1. The molecule has 1 aromatic carbocycles. The number of methoxy groups -OCH3 is 1. The van der Waals surface area contributed by atoms with Gasteiger partial charge in [-0.05, 0) is 24.7 Å². The van der Waals surface area contributed by atoms with Crippen LogP contribution >= 0.6 is 12.4 Å². The van der Waals surface area contributed by atoms with E-state index in [0.29, 0.717) is 13.1 Å². The molecule has 0 heterocycles. The minimum absolute atomic E-state index is 0. The number of halogens is 1. The van der Waals surface area contributed by atoms with E-state index < -0.39 is 0 Å². The zero-order valence-corrected chi connectivity index (χ0v) is 12.8. The van der Waals surface area contributed by atoms with Gasteiger partial charge in [0.25, 0.3) is 0 Å². The summed E-state index contributed by atoms with van der Waals surface area (Å²) in [5.74, 6) is 0.981. The molecule has 0 aliphatic rings. The summed E-state index contributed by atoms with van der Waals surface area (Å²) < 4.78 is 5.10. The monoisotopic (exact) mass is 286 g/mol. The third-order valence-corrected chi connectivity index (χ3v) is 2.89. The topological polar surface area (TPSA) is 41.6 Å². The van der Waals surface area contributed by atoms with E-state index in [1.807, 2.05) is 45.3 Å². The maximum atomic E-state index is 12.0. The van der Waals surface area contributed by atoms with Crippen molar-refractivity contribution >= 4 is 18.3 Å². The van der Waals surface area contributed by atoms with Crippen LogP contribution in [0.15, 0.2) is 24.3 Å². The highest BCUT2D eigenvalue weighted by atomic mass is 35.5. The highest BCUT2D eigenvalue weighted by Crippen LogP contribution is 2.13. The van der Waals surface area contributed by atoms with Gasteiger partial charge < -0.3 is 15.0 Å². The fourth-order valence-electron chi connectivity index (χ4n) is 1.85. The number of hydrogen-bond acceptors (Lipinski definition) is 3. The number of rotatable bonds is 6. The second-order valence-corrected chi connectivity index (χ2v) is 4.50. The standard InChI is InChI=1S/C14H22N2O2.ClH/c1-11(9-15-2)14(17)16(3)10-12-5-7-13(18-4)8-6-12;/h5-8,11,15H,9-10H2,1-4H3;1H. The summed E-state index contributed by atoms with van der Waals surface area (Å²) in [7, 11) is 5.33. The number of amides is 1. The predicted molar refractivity (Wildman–Crippen MR) is 79.8 cm³/mol. The van der Waals surface area contributed by atoms with E-state index in [0.717, 1.165) is 11.3 Å². The Balaban J connectivity index is 0.00000324. The van der Waals surface area contributed by atoms with Gasteiger partial charge in [-0.2, -0.15) is 0 Å². The van der Waals surface area contributed by atoms with Crippen LogP contribution in [-0.4, -0.2) is 38.6 Å². The molecule has 0 aromatic heterocycles. The zero-order valence-electron chi connectivity index (χ0n) is 12.0. The van der Waals surface area contributed by atoms with Crippen LogP contribution in [0.4, 0.5) is 0 Å². The quantitative estimate of drug-likeness (QED) is 0.869. The Morgan fingerprint density at radius 3 is 2.42 bits per heavy atom. The van der Waals surface area contributed by atoms with E-state index in [4.69, 9.17) is 4.74 Å². The van der Waals surface area contributed by atoms with Gasteiger partial charge in [0.15, 0.2) is 0 Å². The first-order valence-corrected chi connectivity index (χ1v) is 6.11. The molecule has 0 fully saturated rings. The Labute approximate surface area is 121 Å². The van der Waals surface area contributed by atoms with Crippen molar-refractivity contribution in [3.05, 3.63) is 29.8 Å². The van der Waals surface area contributed by atoms with Crippen LogP contribution < -0.4 is 10.1 Å². The minimum Gasteiger partial charge on any atom is -0.497 e. The number of carbonyl (C=O) groups excluding carboxylic acids is 1. The molecule has 108 valence electrons. The lowest BCUT2D eigenvalue weighted by atomic mass is 10.1. The molecule has 4 nitrogen and oxygen atoms in total. The molecule has 0 saturated heterocycles. The molecule has 1 atom stereocenters. The van der Waals surface area contributed by atoms with Crippen LogP contribution in [0.3, 0.4) is 0 Å². The van der Waals surface area contributed by atoms with E-state index in [1.165, 1.54) is 0 Å². The Bertz CT molecular complexity index is 382. The van der Waals surface area contributed by atoms with E-state index in [1.54, 1.807) is 12.0 Å². The Morgan fingerprint density at radius 2 is 1.95 bits per heavy atom. The second kappa shape index (κ2) is 8.77. The molecule has 0 spiro atoms. The summed E-state index contributed by atoms with van der Waals surface area (Å²) >= 11 is 0. The number of carbonyl (C=O) groups is 1. The molecule has 0 bridgehead atoms. The van der Waals surface area contributed by atoms with Gasteiger partial charge >= 0.3 is 0 Å². The van der Waals surface area contributed by atoms with Crippen molar-refractivity contribution < 1.29 is 9.53 Å². The largest absolute Gasteiger partial charge is 0.497 e. The summed E-state index contributed by atoms with van der Waals surface area (Å²) in [6.07, 6.45) is 0. The molecular weight excluding hydrogens is 264 g/mol. The van der Waals surface area contributed by atoms with Gasteiger partial charge in [-0.3, -0.25) is 4.79 Å². The van der Waals surface area contributed by atoms with Crippen molar-refractivity contribution in [2.24, 2.45) is 5.92 Å². The van der Waals surface area contributed by atoms with Gasteiger partial charge in [-0.15, -0.1) is 12.4 Å². The van der Waals surface area contributed by atoms with Crippen molar-refractivity contribution in [2.45, 2.75) is 13.5 Å². The van der Waals surface area contributed by atoms with Crippen molar-refractivity contribution in [3.8, 4) is 5.75 Å². The molecule has 0 radical (unpaired) electrons. The molecule has 1 unspecified atom stereocenters. The average Bonchev–Trinajstić information content (AvgIpc) is 2.39. The normalized spacial score (nSPS) is 11.4. The van der Waals surface area contributed by atoms with Crippen molar-refractivity contribution in [1.82, 2.24) is 10.2 Å². The molecule has 5 heteroatoms. The first kappa shape index (κ1) is 17.7. The second-order valence-electron chi connectivity index (χ2n) is 4.50. The smallest absolute Gasteiger partial charge is 0.226 e. The fraction of sp³-hybridized carbons (Fsp3) is 0.500. The van der Waals surface area contributed by atoms with Gasteiger partial charge in [0, 0.05) is 26.1 Å². The number of nitrogens with one attached hydrogen (secondary N) is 1. The number of benzene rings is 1. The third kappa shape index (κ3) is 5.49. The fourth-order valence-corrected chi connectivity index (χ4v) is 1.85. The van der Waals surface area contributed by atoms with Crippen molar-refractivity contribution in [2.75, 3.05) is 27.7 Å². The molecule has 19 heavy (non-hydrogen) atoms. The average molecular weight is 287 g/mol. The maximum Gasteiger partial charge on any atom is 0.226 e. The predicted octanol–water partition coefficient (Wildman–Crippen LogP) is 1.93. The molecule has 1 amide bonds. The molecular formula is C14H23ClN2O2. The molecule has 0 aliphatic heterocycles. The van der Waals surface area contributed by atoms with Gasteiger partial charge in [0.1, 0.15) is 5.75 Å². The third-order valence-electron chi connectivity index (χ3n) is 2.89. The van der Waals surface area contributed by atoms with Crippen LogP contribution in [0, 0.1) is 5.92 Å². The van der Waals surface area contributed by atoms with Crippen molar-refractivity contribution in [3.63, 3.8) is 0 Å². The lowest BCUT2D eigenvalue weighted by Gasteiger charge is -2.21.